The van der Waals surface area contributed by atoms with Crippen molar-refractivity contribution in [2.45, 2.75) is 34.1 Å². The van der Waals surface area contributed by atoms with E-state index < -0.39 is 16.4 Å². The zero-order valence-corrected chi connectivity index (χ0v) is 31.8. The van der Waals surface area contributed by atoms with Gasteiger partial charge in [0, 0.05) is 59.0 Å². The van der Waals surface area contributed by atoms with Gasteiger partial charge in [0.25, 0.3) is 5.69 Å². The van der Waals surface area contributed by atoms with Gasteiger partial charge in [-0.2, -0.15) is 4.39 Å². The molecular formula is C37H65FN8O5. The summed E-state index contributed by atoms with van der Waals surface area (Å²) in [7, 11) is 16.2. The van der Waals surface area contributed by atoms with Gasteiger partial charge in [-0.3, -0.25) is 20.2 Å². The molecule has 0 aliphatic rings. The van der Waals surface area contributed by atoms with Crippen LogP contribution in [0.4, 0.5) is 32.8 Å². The second kappa shape index (κ2) is 30.5. The highest BCUT2D eigenvalue weighted by Crippen LogP contribution is 2.26. The van der Waals surface area contributed by atoms with Crippen molar-refractivity contribution in [1.82, 2.24) is 14.7 Å². The molecule has 0 aliphatic carbocycles. The van der Waals surface area contributed by atoms with E-state index >= 15 is 0 Å². The summed E-state index contributed by atoms with van der Waals surface area (Å²) in [4.78, 5) is 30.2. The number of nitrogen functional groups attached to an aromatic ring is 1. The molecule has 0 spiro atoms. The molecular weight excluding hydrogens is 655 g/mol. The first kappa shape index (κ1) is 51.0. The number of nitrogens with two attached hydrogens (primary N) is 1. The minimum Gasteiger partial charge on any atom is -0.397 e. The van der Waals surface area contributed by atoms with Crippen LogP contribution in [0.15, 0.2) is 72.8 Å². The van der Waals surface area contributed by atoms with Gasteiger partial charge in [-0.1, -0.05) is 57.2 Å². The number of hydrogen-bond donors (Lipinski definition) is 2. The molecule has 0 atom stereocenters. The molecule has 3 aromatic rings. The zero-order valence-electron chi connectivity index (χ0n) is 31.8. The Morgan fingerprint density at radius 3 is 1.35 bits per heavy atom. The number of hydrogen-bond acceptors (Lipinski definition) is 11. The summed E-state index contributed by atoms with van der Waals surface area (Å²) in [5.41, 5.74) is 8.15. The quantitative estimate of drug-likeness (QED) is 0.112. The van der Waals surface area contributed by atoms with Gasteiger partial charge >= 0.3 is 5.69 Å². The number of halogens is 1. The second-order valence-corrected chi connectivity index (χ2v) is 11.9. The molecule has 14 heteroatoms. The highest BCUT2D eigenvalue weighted by atomic mass is 19.1. The fourth-order valence-electron chi connectivity index (χ4n) is 3.79. The van der Waals surface area contributed by atoms with Crippen LogP contribution in [0.5, 0.6) is 0 Å². The number of nitrogens with zero attached hydrogens (tertiary/aromatic N) is 7. The maximum atomic E-state index is 12.4. The lowest BCUT2D eigenvalue weighted by molar-refractivity contribution is -0.387. The number of anilines is 3. The molecule has 0 fully saturated rings. The van der Waals surface area contributed by atoms with Crippen LogP contribution in [0.3, 0.4) is 0 Å². The first-order valence-corrected chi connectivity index (χ1v) is 16.5. The van der Waals surface area contributed by atoms with Crippen molar-refractivity contribution in [1.29, 1.82) is 0 Å². The van der Waals surface area contributed by atoms with Gasteiger partial charge in [-0.05, 0) is 86.4 Å². The van der Waals surface area contributed by atoms with Crippen molar-refractivity contribution in [3.05, 3.63) is 98.8 Å². The molecule has 0 bridgehead atoms. The fourth-order valence-corrected chi connectivity index (χ4v) is 3.79. The molecule has 0 saturated heterocycles. The molecule has 0 heterocycles. The van der Waals surface area contributed by atoms with Gasteiger partial charge in [0.05, 0.1) is 21.2 Å². The summed E-state index contributed by atoms with van der Waals surface area (Å²) in [5, 5.41) is 28.4. The van der Waals surface area contributed by atoms with E-state index in [1.165, 1.54) is 37.6 Å². The molecule has 3 N–H and O–H groups in total. The Morgan fingerprint density at radius 2 is 1.00 bits per heavy atom. The van der Waals surface area contributed by atoms with Crippen molar-refractivity contribution in [2.75, 3.05) is 111 Å². The van der Waals surface area contributed by atoms with Crippen LogP contribution in [0, 0.1) is 26.0 Å². The summed E-state index contributed by atoms with van der Waals surface area (Å²) in [6.07, 6.45) is 2.63. The normalized spacial score (nSPS) is 9.78. The van der Waals surface area contributed by atoms with Gasteiger partial charge in [-0.15, -0.1) is 0 Å². The van der Waals surface area contributed by atoms with Gasteiger partial charge in [0.2, 0.25) is 5.82 Å². The van der Waals surface area contributed by atoms with Gasteiger partial charge in [0.15, 0.2) is 0 Å². The molecule has 0 amide bonds. The number of aliphatic hydroxyl groups excluding tert-OH is 1. The van der Waals surface area contributed by atoms with E-state index in [1.54, 1.807) is 19.1 Å². The van der Waals surface area contributed by atoms with Crippen LogP contribution in [0.1, 0.15) is 34.1 Å². The SMILES string of the molecule is C.CCCCN(C)C.CCO.CN(C)CCN(C)c1ccccc1N.CN(C)CCN(C)c1ccccc1[N+](=O)[O-].O=[N+]([O-])c1ccccc1F. The Balaban J connectivity index is -0.000000604. The zero-order chi connectivity index (χ0) is 38.6. The number of para-hydroxylation sites is 5. The lowest BCUT2D eigenvalue weighted by Crippen LogP contribution is -2.28. The van der Waals surface area contributed by atoms with Crippen molar-refractivity contribution in [2.24, 2.45) is 0 Å². The molecule has 13 nitrogen and oxygen atoms in total. The summed E-state index contributed by atoms with van der Waals surface area (Å²) >= 11 is 0. The summed E-state index contributed by atoms with van der Waals surface area (Å²) < 4.78 is 12.4. The minimum atomic E-state index is -0.799. The van der Waals surface area contributed by atoms with Crippen LogP contribution in [-0.4, -0.2) is 125 Å². The van der Waals surface area contributed by atoms with Gasteiger partial charge in [0.1, 0.15) is 5.69 Å². The summed E-state index contributed by atoms with van der Waals surface area (Å²) in [6.45, 7) is 9.02. The molecule has 0 unspecified atom stereocenters. The van der Waals surface area contributed by atoms with E-state index in [0.29, 0.717) is 5.69 Å². The van der Waals surface area contributed by atoms with Crippen molar-refractivity contribution < 1.29 is 19.3 Å². The molecule has 0 aromatic heterocycles. The fraction of sp³-hybridized carbons (Fsp3) is 0.514. The maximum Gasteiger partial charge on any atom is 0.304 e. The maximum absolute atomic E-state index is 12.4. The van der Waals surface area contributed by atoms with E-state index in [0.717, 1.165) is 49.7 Å². The van der Waals surface area contributed by atoms with Crippen molar-refractivity contribution >= 4 is 28.4 Å². The molecule has 3 aromatic carbocycles. The first-order chi connectivity index (χ1) is 23.5. The summed E-state index contributed by atoms with van der Waals surface area (Å²) in [5.74, 6) is -0.799. The van der Waals surface area contributed by atoms with E-state index in [-0.39, 0.29) is 24.6 Å². The number of aliphatic hydroxyl groups is 1. The molecule has 0 saturated carbocycles. The van der Waals surface area contributed by atoms with Crippen LogP contribution in [0.25, 0.3) is 0 Å². The predicted molar refractivity (Wildman–Crippen MR) is 214 cm³/mol. The molecule has 3 rings (SSSR count). The number of rotatable bonds is 13. The van der Waals surface area contributed by atoms with E-state index in [1.807, 2.05) is 61.3 Å². The molecule has 0 radical (unpaired) electrons. The van der Waals surface area contributed by atoms with Crippen molar-refractivity contribution in [3.63, 3.8) is 0 Å². The van der Waals surface area contributed by atoms with Crippen LogP contribution in [0.2, 0.25) is 0 Å². The highest BCUT2D eigenvalue weighted by Gasteiger charge is 2.15. The van der Waals surface area contributed by atoms with E-state index in [9.17, 15) is 24.6 Å². The average Bonchev–Trinajstić information content (AvgIpc) is 3.06. The number of nitro groups is 2. The Kier molecular flexibility index (Phi) is 30.5. The van der Waals surface area contributed by atoms with E-state index in [4.69, 9.17) is 10.8 Å². The molecule has 290 valence electrons. The van der Waals surface area contributed by atoms with E-state index in [2.05, 4.69) is 56.9 Å². The Hall–Kier alpha value is -4.37. The Bertz CT molecular complexity index is 1330. The highest BCUT2D eigenvalue weighted by molar-refractivity contribution is 5.66. The first-order valence-electron chi connectivity index (χ1n) is 16.5. The number of benzene rings is 3. The predicted octanol–water partition coefficient (Wildman–Crippen LogP) is 6.58. The Labute approximate surface area is 306 Å². The van der Waals surface area contributed by atoms with Crippen LogP contribution in [-0.2, 0) is 0 Å². The average molecular weight is 721 g/mol. The van der Waals surface area contributed by atoms with Gasteiger partial charge in [-0.25, -0.2) is 0 Å². The lowest BCUT2D eigenvalue weighted by atomic mass is 10.2. The molecule has 0 aliphatic heterocycles. The largest absolute Gasteiger partial charge is 0.397 e. The van der Waals surface area contributed by atoms with Crippen molar-refractivity contribution in [3.8, 4) is 0 Å². The number of unbranched alkanes of at least 4 members (excludes halogenated alkanes) is 1. The smallest absolute Gasteiger partial charge is 0.304 e. The van der Waals surface area contributed by atoms with Crippen LogP contribution >= 0.6 is 0 Å². The standard InChI is InChI=1S/C11H17N3O2.C11H19N3.C6H4FNO2.C6H15N.C2H6O.CH4/c1-12(2)8-9-13(3)10-6-4-5-7-11(10)14(15)16;1-13(2)8-9-14(3)11-7-5-4-6-10(11)12;7-5-3-1-2-4-6(5)8(9)10;1-4-5-6-7(2)3;1-2-3;/h4-7H,8-9H2,1-3H3;4-7H,8-9,12H2,1-3H3;1-4H;4-6H2,1-3H3;3H,2H2,1H3;1H4. The number of nitro benzene ring substituents is 2. The van der Waals surface area contributed by atoms with Crippen LogP contribution < -0.4 is 15.5 Å². The third-order valence-electron chi connectivity index (χ3n) is 6.61. The van der Waals surface area contributed by atoms with Gasteiger partial charge < -0.3 is 35.3 Å². The third-order valence-corrected chi connectivity index (χ3v) is 6.61. The third kappa shape index (κ3) is 25.3. The second-order valence-electron chi connectivity index (χ2n) is 11.9. The minimum absolute atomic E-state index is 0. The lowest BCUT2D eigenvalue weighted by Gasteiger charge is -2.22. The topological polar surface area (TPSA) is 149 Å². The summed E-state index contributed by atoms with van der Waals surface area (Å²) in [6, 6.07) is 19.7. The monoisotopic (exact) mass is 721 g/mol. The Morgan fingerprint density at radius 1 is 0.627 bits per heavy atom. The number of likely N-dealkylation sites (N-methyl/N-ethyl adjacent to an activating group) is 4. The molecule has 51 heavy (non-hydrogen) atoms.